The van der Waals surface area contributed by atoms with E-state index in [1.807, 2.05) is 0 Å². The highest BCUT2D eigenvalue weighted by Crippen LogP contribution is 2.31. The number of H-pyrrole nitrogens is 1. The van der Waals surface area contributed by atoms with Crippen molar-refractivity contribution in [1.82, 2.24) is 15.3 Å². The molecule has 1 amide bonds. The maximum absolute atomic E-state index is 12.2. The van der Waals surface area contributed by atoms with Gasteiger partial charge in [-0.25, -0.2) is 4.98 Å². The Morgan fingerprint density at radius 1 is 1.41 bits per heavy atom. The first-order chi connectivity index (χ1) is 10.5. The van der Waals surface area contributed by atoms with Crippen LogP contribution < -0.4 is 15.2 Å². The van der Waals surface area contributed by atoms with Crippen molar-refractivity contribution in [3.05, 3.63) is 41.9 Å². The van der Waals surface area contributed by atoms with Crippen molar-refractivity contribution >= 4 is 16.0 Å². The molecule has 9 heteroatoms. The van der Waals surface area contributed by atoms with Gasteiger partial charge in [0.2, 0.25) is 5.91 Å². The van der Waals surface area contributed by atoms with Crippen molar-refractivity contribution in [1.29, 1.82) is 0 Å². The lowest BCUT2D eigenvalue weighted by atomic mass is 9.93. The minimum Gasteiger partial charge on any atom is -0.378 e. The van der Waals surface area contributed by atoms with Crippen LogP contribution >= 0.6 is 0 Å². The molecule has 0 spiro atoms. The highest BCUT2D eigenvalue weighted by atomic mass is 32.2. The molecule has 2 aromatic rings. The maximum atomic E-state index is 12.2. The molecule has 1 aromatic heterocycles. The van der Waals surface area contributed by atoms with Crippen molar-refractivity contribution in [2.75, 3.05) is 6.54 Å². The summed E-state index contributed by atoms with van der Waals surface area (Å²) < 4.78 is 29.5. The molecular formula is C13H14N4O4S. The number of fused-ring (bicyclic) bond motifs is 1. The third kappa shape index (κ3) is 2.55. The Labute approximate surface area is 126 Å². The maximum Gasteiger partial charge on any atom is 0.356 e. The number of aromatic amines is 1. The van der Waals surface area contributed by atoms with Gasteiger partial charge in [0.05, 0.1) is 12.5 Å². The molecule has 0 radical (unpaired) electrons. The second-order valence-electron chi connectivity index (χ2n) is 4.82. The predicted molar refractivity (Wildman–Crippen MR) is 76.5 cm³/mol. The van der Waals surface area contributed by atoms with E-state index < -0.39 is 22.1 Å². The monoisotopic (exact) mass is 322 g/mol. The van der Waals surface area contributed by atoms with Crippen LogP contribution in [0.25, 0.3) is 0 Å². The Morgan fingerprint density at radius 2 is 2.23 bits per heavy atom. The number of imidazole rings is 1. The average Bonchev–Trinajstić information content (AvgIpc) is 3.01. The summed E-state index contributed by atoms with van der Waals surface area (Å²) in [5, 5.41) is 2.86. The SMILES string of the molecule is NC(=O)C1NCCc2c(OS(=O)(=O)c3cnc[nH]3)cccc21. The zero-order valence-electron chi connectivity index (χ0n) is 11.4. The standard InChI is InChI=1S/C13H14N4O4S/c14-13(18)12-9-2-1-3-10(8(9)4-5-16-12)21-22(19,20)11-6-15-7-17-11/h1-3,6-7,12,16H,4-5H2,(H2,14,18)(H,15,17). The number of carbonyl (C=O) groups excluding carboxylic acids is 1. The van der Waals surface area contributed by atoms with Crippen LogP contribution in [0.2, 0.25) is 0 Å². The number of amides is 1. The zero-order chi connectivity index (χ0) is 15.7. The summed E-state index contributed by atoms with van der Waals surface area (Å²) in [6.07, 6.45) is 2.95. The second kappa shape index (κ2) is 5.43. The van der Waals surface area contributed by atoms with E-state index in [0.29, 0.717) is 24.1 Å². The fourth-order valence-corrected chi connectivity index (χ4v) is 3.32. The number of carbonyl (C=O) groups is 1. The predicted octanol–water partition coefficient (Wildman–Crippen LogP) is -0.150. The molecule has 1 atom stereocenters. The van der Waals surface area contributed by atoms with E-state index in [-0.39, 0.29) is 10.8 Å². The molecule has 0 saturated heterocycles. The molecule has 22 heavy (non-hydrogen) atoms. The molecule has 0 aliphatic carbocycles. The molecule has 4 N–H and O–H groups in total. The van der Waals surface area contributed by atoms with Crippen LogP contribution in [-0.2, 0) is 21.3 Å². The van der Waals surface area contributed by atoms with E-state index >= 15 is 0 Å². The summed E-state index contributed by atoms with van der Waals surface area (Å²) in [5.74, 6) is -0.325. The topological polar surface area (TPSA) is 127 Å². The summed E-state index contributed by atoms with van der Waals surface area (Å²) >= 11 is 0. The Hall–Kier alpha value is -2.39. The van der Waals surface area contributed by atoms with E-state index in [9.17, 15) is 13.2 Å². The molecule has 3 rings (SSSR count). The number of nitrogens with one attached hydrogen (secondary N) is 2. The van der Waals surface area contributed by atoms with E-state index in [2.05, 4.69) is 15.3 Å². The fourth-order valence-electron chi connectivity index (χ4n) is 2.45. The van der Waals surface area contributed by atoms with Gasteiger partial charge >= 0.3 is 10.1 Å². The van der Waals surface area contributed by atoms with E-state index in [4.69, 9.17) is 9.92 Å². The number of benzene rings is 1. The largest absolute Gasteiger partial charge is 0.378 e. The normalized spacial score (nSPS) is 17.7. The van der Waals surface area contributed by atoms with Gasteiger partial charge in [-0.15, -0.1) is 0 Å². The van der Waals surface area contributed by atoms with Crippen molar-refractivity contribution in [2.45, 2.75) is 17.5 Å². The molecule has 1 aromatic carbocycles. The van der Waals surface area contributed by atoms with Crippen LogP contribution in [0.1, 0.15) is 17.2 Å². The van der Waals surface area contributed by atoms with Crippen LogP contribution in [0.5, 0.6) is 5.75 Å². The van der Waals surface area contributed by atoms with Crippen LogP contribution in [0.15, 0.2) is 35.7 Å². The molecule has 1 unspecified atom stereocenters. The minimum absolute atomic E-state index is 0.134. The van der Waals surface area contributed by atoms with Crippen molar-refractivity contribution < 1.29 is 17.4 Å². The summed E-state index contributed by atoms with van der Waals surface area (Å²) in [6.45, 7) is 0.505. The number of rotatable bonds is 4. The second-order valence-corrected chi connectivity index (χ2v) is 6.33. The third-order valence-corrected chi connectivity index (χ3v) is 4.59. The van der Waals surface area contributed by atoms with Gasteiger partial charge in [0, 0.05) is 12.1 Å². The summed E-state index contributed by atoms with van der Waals surface area (Å²) in [6, 6.07) is 4.25. The molecule has 0 saturated carbocycles. The zero-order valence-corrected chi connectivity index (χ0v) is 12.3. The van der Waals surface area contributed by atoms with E-state index in [1.165, 1.54) is 12.5 Å². The third-order valence-electron chi connectivity index (χ3n) is 3.43. The smallest absolute Gasteiger partial charge is 0.356 e. The molecule has 0 bridgehead atoms. The summed E-state index contributed by atoms with van der Waals surface area (Å²) in [4.78, 5) is 17.6. The summed E-state index contributed by atoms with van der Waals surface area (Å²) in [7, 11) is -4.00. The fraction of sp³-hybridized carbons (Fsp3) is 0.231. The molecule has 8 nitrogen and oxygen atoms in total. The molecule has 1 aliphatic rings. The molecule has 2 heterocycles. The first-order valence-corrected chi connectivity index (χ1v) is 7.97. The number of nitrogens with zero attached hydrogens (tertiary/aromatic N) is 1. The highest BCUT2D eigenvalue weighted by Gasteiger charge is 2.28. The highest BCUT2D eigenvalue weighted by molar-refractivity contribution is 7.87. The van der Waals surface area contributed by atoms with Gasteiger partial charge < -0.3 is 20.2 Å². The van der Waals surface area contributed by atoms with Gasteiger partial charge in [-0.1, -0.05) is 12.1 Å². The Kier molecular flexibility index (Phi) is 3.59. The molecular weight excluding hydrogens is 308 g/mol. The van der Waals surface area contributed by atoms with Gasteiger partial charge in [-0.3, -0.25) is 4.79 Å². The van der Waals surface area contributed by atoms with Gasteiger partial charge in [0.25, 0.3) is 0 Å². The number of primary amides is 1. The van der Waals surface area contributed by atoms with Gasteiger partial charge in [0.15, 0.2) is 5.03 Å². The average molecular weight is 322 g/mol. The first-order valence-electron chi connectivity index (χ1n) is 6.56. The van der Waals surface area contributed by atoms with Gasteiger partial charge in [0.1, 0.15) is 11.8 Å². The lowest BCUT2D eigenvalue weighted by Crippen LogP contribution is -2.38. The first kappa shape index (κ1) is 14.5. The minimum atomic E-state index is -4.00. The number of hydrogen-bond donors (Lipinski definition) is 3. The Morgan fingerprint density at radius 3 is 2.91 bits per heavy atom. The van der Waals surface area contributed by atoms with Crippen LogP contribution in [0.4, 0.5) is 0 Å². The Balaban J connectivity index is 2.00. The van der Waals surface area contributed by atoms with Crippen LogP contribution in [-0.4, -0.2) is 30.8 Å². The molecule has 1 aliphatic heterocycles. The number of nitrogens with two attached hydrogens (primary N) is 1. The van der Waals surface area contributed by atoms with E-state index in [1.54, 1.807) is 18.2 Å². The van der Waals surface area contributed by atoms with Crippen molar-refractivity contribution in [3.63, 3.8) is 0 Å². The van der Waals surface area contributed by atoms with Crippen molar-refractivity contribution in [2.24, 2.45) is 5.73 Å². The Bertz CT molecular complexity index is 801. The quantitative estimate of drug-likeness (QED) is 0.672. The lowest BCUT2D eigenvalue weighted by Gasteiger charge is -2.25. The lowest BCUT2D eigenvalue weighted by molar-refractivity contribution is -0.120. The van der Waals surface area contributed by atoms with Crippen LogP contribution in [0.3, 0.4) is 0 Å². The van der Waals surface area contributed by atoms with Crippen LogP contribution in [0, 0.1) is 0 Å². The molecule has 116 valence electrons. The van der Waals surface area contributed by atoms with Gasteiger partial charge in [-0.2, -0.15) is 8.42 Å². The molecule has 0 fully saturated rings. The summed E-state index contributed by atoms with van der Waals surface area (Å²) in [5.41, 5.74) is 6.66. The van der Waals surface area contributed by atoms with Gasteiger partial charge in [-0.05, 0) is 18.1 Å². The van der Waals surface area contributed by atoms with Crippen molar-refractivity contribution in [3.8, 4) is 5.75 Å². The number of aromatic nitrogens is 2. The van der Waals surface area contributed by atoms with E-state index in [0.717, 1.165) is 0 Å². The number of hydrogen-bond acceptors (Lipinski definition) is 6.